The molecule has 0 aromatic heterocycles. The van der Waals surface area contributed by atoms with E-state index < -0.39 is 0 Å². The van der Waals surface area contributed by atoms with E-state index in [-0.39, 0.29) is 36.1 Å². The molecule has 2 aliphatic heterocycles. The summed E-state index contributed by atoms with van der Waals surface area (Å²) >= 11 is 0. The van der Waals surface area contributed by atoms with Gasteiger partial charge >= 0.3 is 0 Å². The maximum absolute atomic E-state index is 13.0. The average Bonchev–Trinajstić information content (AvgIpc) is 3.30. The van der Waals surface area contributed by atoms with Gasteiger partial charge in [0.1, 0.15) is 5.75 Å². The number of likely N-dealkylation sites (tertiary alicyclic amines) is 1. The third-order valence-electron chi connectivity index (χ3n) is 7.29. The van der Waals surface area contributed by atoms with E-state index in [9.17, 15) is 14.4 Å². The van der Waals surface area contributed by atoms with E-state index in [1.165, 1.54) is 5.56 Å². The molecule has 0 aliphatic carbocycles. The van der Waals surface area contributed by atoms with Crippen molar-refractivity contribution in [2.75, 3.05) is 31.6 Å². The quantitative estimate of drug-likeness (QED) is 0.580. The zero-order valence-electron chi connectivity index (χ0n) is 21.4. The van der Waals surface area contributed by atoms with Crippen LogP contribution in [0.3, 0.4) is 0 Å². The van der Waals surface area contributed by atoms with Crippen LogP contribution in [0.2, 0.25) is 0 Å². The van der Waals surface area contributed by atoms with Gasteiger partial charge in [-0.2, -0.15) is 0 Å². The number of aryl methyl sites for hydroxylation is 1. The van der Waals surface area contributed by atoms with Gasteiger partial charge in [-0.15, -0.1) is 0 Å². The second kappa shape index (κ2) is 12.1. The minimum atomic E-state index is -0.345. The number of nitrogens with zero attached hydrogens (tertiary/aromatic N) is 2. The zero-order chi connectivity index (χ0) is 25.5. The fourth-order valence-electron chi connectivity index (χ4n) is 5.07. The number of benzene rings is 2. The molecule has 36 heavy (non-hydrogen) atoms. The average molecular weight is 492 g/mol. The Morgan fingerprint density at radius 2 is 1.78 bits per heavy atom. The minimum Gasteiger partial charge on any atom is -0.496 e. The third kappa shape index (κ3) is 6.25. The van der Waals surface area contributed by atoms with Crippen LogP contribution in [0.5, 0.6) is 5.75 Å². The fraction of sp³-hybridized carbons (Fsp3) is 0.483. The number of piperidine rings is 1. The van der Waals surface area contributed by atoms with Gasteiger partial charge in [-0.3, -0.25) is 14.4 Å². The highest BCUT2D eigenvalue weighted by molar-refractivity contribution is 6.00. The van der Waals surface area contributed by atoms with E-state index in [0.29, 0.717) is 38.9 Å². The zero-order valence-corrected chi connectivity index (χ0v) is 21.4. The number of para-hydroxylation sites is 1. The number of ether oxygens (including phenoxy) is 1. The first-order valence-corrected chi connectivity index (χ1v) is 13.1. The first-order chi connectivity index (χ1) is 17.5. The second-order valence-electron chi connectivity index (χ2n) is 9.83. The largest absolute Gasteiger partial charge is 0.496 e. The van der Waals surface area contributed by atoms with Crippen LogP contribution in [-0.2, 0) is 27.2 Å². The normalized spacial score (nSPS) is 18.4. The second-order valence-corrected chi connectivity index (χ2v) is 9.83. The summed E-state index contributed by atoms with van der Waals surface area (Å²) in [4.78, 5) is 42.0. The molecule has 0 saturated carbocycles. The highest BCUT2D eigenvalue weighted by atomic mass is 16.5. The van der Waals surface area contributed by atoms with Crippen LogP contribution in [0, 0.1) is 5.92 Å². The van der Waals surface area contributed by atoms with Gasteiger partial charge in [0.05, 0.1) is 19.4 Å². The molecule has 7 nitrogen and oxygen atoms in total. The van der Waals surface area contributed by atoms with Crippen molar-refractivity contribution in [3.05, 3.63) is 59.7 Å². The molecule has 1 unspecified atom stereocenters. The Bertz CT molecular complexity index is 1060. The number of amides is 3. The molecule has 2 aromatic rings. The van der Waals surface area contributed by atoms with E-state index in [0.717, 1.165) is 36.3 Å². The lowest BCUT2D eigenvalue weighted by Gasteiger charge is -2.33. The Morgan fingerprint density at radius 1 is 1.06 bits per heavy atom. The number of carbonyl (C=O) groups is 3. The molecule has 0 radical (unpaired) electrons. The van der Waals surface area contributed by atoms with Gasteiger partial charge in [0.25, 0.3) is 0 Å². The maximum atomic E-state index is 13.0. The number of hydrogen-bond acceptors (Lipinski definition) is 4. The van der Waals surface area contributed by atoms with Gasteiger partial charge in [0, 0.05) is 43.3 Å². The topological polar surface area (TPSA) is 79.0 Å². The summed E-state index contributed by atoms with van der Waals surface area (Å²) in [5.74, 6) is 0.377. The van der Waals surface area contributed by atoms with E-state index in [2.05, 4.69) is 24.4 Å². The lowest BCUT2D eigenvalue weighted by atomic mass is 10.0. The maximum Gasteiger partial charge on any atom is 0.227 e. The number of unbranched alkanes of at least 4 members (excludes halogenated alkanes) is 1. The van der Waals surface area contributed by atoms with Crippen molar-refractivity contribution in [1.29, 1.82) is 0 Å². The van der Waals surface area contributed by atoms with Crippen molar-refractivity contribution in [3.8, 4) is 5.75 Å². The first-order valence-electron chi connectivity index (χ1n) is 13.1. The Hall–Kier alpha value is -3.35. The van der Waals surface area contributed by atoms with Crippen LogP contribution < -0.4 is 15.0 Å². The Balaban J connectivity index is 1.24. The van der Waals surface area contributed by atoms with Gasteiger partial charge in [-0.05, 0) is 49.4 Å². The molecule has 7 heteroatoms. The summed E-state index contributed by atoms with van der Waals surface area (Å²) in [5.41, 5.74) is 3.01. The Kier molecular flexibility index (Phi) is 8.62. The van der Waals surface area contributed by atoms with Crippen LogP contribution in [-0.4, -0.2) is 55.4 Å². The molecule has 2 aromatic carbocycles. The molecule has 2 aliphatic rings. The number of methoxy groups -OCH3 is 1. The molecule has 3 amide bonds. The summed E-state index contributed by atoms with van der Waals surface area (Å²) in [6.07, 6.45) is 5.32. The molecule has 192 valence electrons. The van der Waals surface area contributed by atoms with Crippen LogP contribution in [0.4, 0.5) is 5.69 Å². The van der Waals surface area contributed by atoms with E-state index in [1.54, 1.807) is 12.0 Å². The molecule has 1 atom stereocenters. The highest BCUT2D eigenvalue weighted by Crippen LogP contribution is 2.26. The monoisotopic (exact) mass is 491 g/mol. The van der Waals surface area contributed by atoms with Crippen molar-refractivity contribution in [2.24, 2.45) is 5.92 Å². The summed E-state index contributed by atoms with van der Waals surface area (Å²) in [6.45, 7) is 3.81. The summed E-state index contributed by atoms with van der Waals surface area (Å²) < 4.78 is 5.36. The molecule has 2 saturated heterocycles. The van der Waals surface area contributed by atoms with Gasteiger partial charge in [-0.25, -0.2) is 0 Å². The van der Waals surface area contributed by atoms with Crippen molar-refractivity contribution in [2.45, 2.75) is 57.9 Å². The summed E-state index contributed by atoms with van der Waals surface area (Å²) in [7, 11) is 1.61. The van der Waals surface area contributed by atoms with Crippen LogP contribution in [0.25, 0.3) is 0 Å². The predicted molar refractivity (Wildman–Crippen MR) is 140 cm³/mol. The molecule has 2 fully saturated rings. The molecular formula is C29H37N3O4. The van der Waals surface area contributed by atoms with Crippen LogP contribution >= 0.6 is 0 Å². The lowest BCUT2D eigenvalue weighted by Crippen LogP contribution is -2.48. The minimum absolute atomic E-state index is 0.00628. The van der Waals surface area contributed by atoms with E-state index in [1.807, 2.05) is 41.3 Å². The Morgan fingerprint density at radius 3 is 2.47 bits per heavy atom. The van der Waals surface area contributed by atoms with Gasteiger partial charge in [0.15, 0.2) is 0 Å². The number of nitrogens with one attached hydrogen (secondary N) is 1. The third-order valence-corrected chi connectivity index (χ3v) is 7.29. The Labute approximate surface area is 213 Å². The SMILES string of the molecule is CCCCc1ccc(N2CC(C(=O)NC3CCN(C(=O)Cc4ccccc4OC)CC3)CC2=O)cc1. The van der Waals surface area contributed by atoms with Crippen molar-refractivity contribution in [1.82, 2.24) is 10.2 Å². The molecular weight excluding hydrogens is 454 g/mol. The van der Waals surface area contributed by atoms with E-state index >= 15 is 0 Å². The number of hydrogen-bond donors (Lipinski definition) is 1. The predicted octanol–water partition coefficient (Wildman–Crippen LogP) is 3.74. The summed E-state index contributed by atoms with van der Waals surface area (Å²) in [5, 5.41) is 3.14. The number of anilines is 1. The van der Waals surface area contributed by atoms with Crippen molar-refractivity contribution >= 4 is 23.4 Å². The molecule has 0 spiro atoms. The van der Waals surface area contributed by atoms with Crippen LogP contribution in [0.1, 0.15) is 50.2 Å². The molecule has 4 rings (SSSR count). The smallest absolute Gasteiger partial charge is 0.227 e. The molecule has 1 N–H and O–H groups in total. The van der Waals surface area contributed by atoms with Crippen molar-refractivity contribution < 1.29 is 19.1 Å². The fourth-order valence-corrected chi connectivity index (χ4v) is 5.07. The molecule has 0 bridgehead atoms. The first kappa shape index (κ1) is 25.7. The lowest BCUT2D eigenvalue weighted by molar-refractivity contribution is -0.132. The van der Waals surface area contributed by atoms with Crippen LogP contribution in [0.15, 0.2) is 48.5 Å². The van der Waals surface area contributed by atoms with Gasteiger partial charge in [-0.1, -0.05) is 43.7 Å². The number of carbonyl (C=O) groups excluding carboxylic acids is 3. The van der Waals surface area contributed by atoms with Gasteiger partial charge < -0.3 is 19.9 Å². The number of rotatable bonds is 9. The summed E-state index contributed by atoms with van der Waals surface area (Å²) in [6, 6.07) is 15.7. The highest BCUT2D eigenvalue weighted by Gasteiger charge is 2.36. The van der Waals surface area contributed by atoms with Gasteiger partial charge in [0.2, 0.25) is 17.7 Å². The van der Waals surface area contributed by atoms with E-state index in [4.69, 9.17) is 4.74 Å². The van der Waals surface area contributed by atoms with Crippen molar-refractivity contribution in [3.63, 3.8) is 0 Å². The standard InChI is InChI=1S/C29H37N3O4/c1-3-4-7-21-10-12-25(13-11-21)32-20-23(19-28(32)34)29(35)30-24-14-16-31(17-15-24)27(33)18-22-8-5-6-9-26(22)36-2/h5-6,8-13,23-24H,3-4,7,14-20H2,1-2H3,(H,30,35). The molecule has 2 heterocycles.